The first kappa shape index (κ1) is 16.1. The van der Waals surface area contributed by atoms with Gasteiger partial charge in [0.25, 0.3) is 0 Å². The number of hydrogen-bond donors (Lipinski definition) is 2. The van der Waals surface area contributed by atoms with Gasteiger partial charge in [0, 0.05) is 22.8 Å². The number of hydrogen-bond acceptors (Lipinski definition) is 4. The first-order chi connectivity index (χ1) is 9.83. The van der Waals surface area contributed by atoms with Crippen LogP contribution in [0.2, 0.25) is 0 Å². The normalized spacial score (nSPS) is 11.8. The van der Waals surface area contributed by atoms with Crippen molar-refractivity contribution in [2.45, 2.75) is 31.8 Å². The molecule has 3 N–H and O–H groups in total. The third-order valence-electron chi connectivity index (χ3n) is 3.17. The van der Waals surface area contributed by atoms with Gasteiger partial charge in [-0.05, 0) is 43.2 Å². The van der Waals surface area contributed by atoms with E-state index >= 15 is 0 Å². The first-order valence-corrected chi connectivity index (χ1v) is 8.67. The van der Waals surface area contributed by atoms with Crippen LogP contribution in [0.4, 0.5) is 4.39 Å². The Kier molecular flexibility index (Phi) is 4.77. The van der Waals surface area contributed by atoms with Gasteiger partial charge in [0.1, 0.15) is 10.7 Å². The van der Waals surface area contributed by atoms with Crippen molar-refractivity contribution < 1.29 is 12.8 Å². The second kappa shape index (κ2) is 6.23. The second-order valence-corrected chi connectivity index (χ2v) is 7.82. The number of halogens is 1. The molecular formula is C14H17FN2O2S2. The van der Waals surface area contributed by atoms with Crippen LogP contribution in [0, 0.1) is 19.7 Å². The van der Waals surface area contributed by atoms with E-state index in [-0.39, 0.29) is 18.0 Å². The molecule has 0 atom stereocenters. The summed E-state index contributed by atoms with van der Waals surface area (Å²) < 4.78 is 40.6. The van der Waals surface area contributed by atoms with Gasteiger partial charge in [-0.25, -0.2) is 17.5 Å². The van der Waals surface area contributed by atoms with E-state index in [1.54, 1.807) is 0 Å². The molecule has 0 unspecified atom stereocenters. The number of nitrogens with one attached hydrogen (secondary N) is 1. The third kappa shape index (κ3) is 3.68. The van der Waals surface area contributed by atoms with E-state index in [1.807, 2.05) is 19.9 Å². The van der Waals surface area contributed by atoms with Crippen LogP contribution >= 0.6 is 11.3 Å². The van der Waals surface area contributed by atoms with E-state index in [0.717, 1.165) is 21.4 Å². The lowest BCUT2D eigenvalue weighted by Gasteiger charge is -2.08. The fraction of sp³-hybridized carbons (Fsp3) is 0.286. The Bertz CT molecular complexity index is 735. The average Bonchev–Trinajstić information content (AvgIpc) is 2.75. The summed E-state index contributed by atoms with van der Waals surface area (Å²) in [6, 6.07) is 5.83. The summed E-state index contributed by atoms with van der Waals surface area (Å²) >= 11 is 1.52. The molecule has 0 aliphatic heterocycles. The maximum atomic E-state index is 13.9. The molecule has 2 rings (SSSR count). The molecule has 0 saturated heterocycles. The van der Waals surface area contributed by atoms with Gasteiger partial charge in [0.05, 0.1) is 0 Å². The zero-order valence-electron chi connectivity index (χ0n) is 11.8. The van der Waals surface area contributed by atoms with Gasteiger partial charge in [-0.3, -0.25) is 0 Å². The lowest BCUT2D eigenvalue weighted by molar-refractivity contribution is 0.556. The highest BCUT2D eigenvalue weighted by atomic mass is 32.2. The summed E-state index contributed by atoms with van der Waals surface area (Å²) in [5.41, 5.74) is 7.07. The largest absolute Gasteiger partial charge is 0.326 e. The van der Waals surface area contributed by atoms with Gasteiger partial charge in [0.2, 0.25) is 10.0 Å². The Labute approximate surface area is 127 Å². The molecule has 0 spiro atoms. The summed E-state index contributed by atoms with van der Waals surface area (Å²) in [5, 5.41) is 0. The van der Waals surface area contributed by atoms with Crippen molar-refractivity contribution >= 4 is 21.4 Å². The number of nitrogens with two attached hydrogens (primary N) is 1. The van der Waals surface area contributed by atoms with Crippen LogP contribution in [0.15, 0.2) is 29.2 Å². The van der Waals surface area contributed by atoms with Gasteiger partial charge < -0.3 is 5.73 Å². The zero-order valence-corrected chi connectivity index (χ0v) is 13.4. The molecule has 1 aromatic carbocycles. The van der Waals surface area contributed by atoms with E-state index < -0.39 is 15.8 Å². The number of sulfonamides is 1. The Morgan fingerprint density at radius 1 is 1.29 bits per heavy atom. The second-order valence-electron chi connectivity index (χ2n) is 4.75. The molecule has 0 amide bonds. The smallest absolute Gasteiger partial charge is 0.243 e. The molecule has 4 nitrogen and oxygen atoms in total. The quantitative estimate of drug-likeness (QED) is 0.885. The van der Waals surface area contributed by atoms with E-state index in [1.165, 1.54) is 23.5 Å². The summed E-state index contributed by atoms with van der Waals surface area (Å²) in [6.07, 6.45) is 0. The molecule has 114 valence electrons. The van der Waals surface area contributed by atoms with Gasteiger partial charge in [-0.2, -0.15) is 0 Å². The Hall–Kier alpha value is -1.28. The number of thiophene rings is 1. The molecule has 7 heteroatoms. The first-order valence-electron chi connectivity index (χ1n) is 6.37. The molecule has 21 heavy (non-hydrogen) atoms. The average molecular weight is 328 g/mol. The van der Waals surface area contributed by atoms with Gasteiger partial charge >= 0.3 is 0 Å². The minimum atomic E-state index is -3.88. The number of rotatable bonds is 5. The van der Waals surface area contributed by atoms with Crippen molar-refractivity contribution in [1.82, 2.24) is 4.72 Å². The molecule has 1 aromatic heterocycles. The molecule has 2 aromatic rings. The molecule has 0 saturated carbocycles. The predicted octanol–water partition coefficient (Wildman–Crippen LogP) is 2.44. The maximum Gasteiger partial charge on any atom is 0.243 e. The van der Waals surface area contributed by atoms with Crippen molar-refractivity contribution in [1.29, 1.82) is 0 Å². The number of aryl methyl sites for hydroxylation is 2. The highest BCUT2D eigenvalue weighted by molar-refractivity contribution is 7.89. The number of benzene rings is 1. The molecule has 0 radical (unpaired) electrons. The summed E-state index contributed by atoms with van der Waals surface area (Å²) in [7, 11) is -3.88. The van der Waals surface area contributed by atoms with Crippen molar-refractivity contribution in [2.75, 3.05) is 0 Å². The fourth-order valence-corrected chi connectivity index (χ4v) is 4.02. The van der Waals surface area contributed by atoms with Crippen LogP contribution in [0.3, 0.4) is 0 Å². The van der Waals surface area contributed by atoms with E-state index in [2.05, 4.69) is 4.72 Å². The van der Waals surface area contributed by atoms with E-state index in [0.29, 0.717) is 5.56 Å². The highest BCUT2D eigenvalue weighted by Crippen LogP contribution is 2.21. The van der Waals surface area contributed by atoms with Crippen LogP contribution in [0.25, 0.3) is 0 Å². The van der Waals surface area contributed by atoms with Gasteiger partial charge in [-0.15, -0.1) is 11.3 Å². The minimum absolute atomic E-state index is 0.153. The predicted molar refractivity (Wildman–Crippen MR) is 82.1 cm³/mol. The maximum absolute atomic E-state index is 13.9. The molecular weight excluding hydrogens is 311 g/mol. The van der Waals surface area contributed by atoms with Crippen LogP contribution in [-0.2, 0) is 23.1 Å². The summed E-state index contributed by atoms with van der Waals surface area (Å²) in [5.74, 6) is -0.788. The molecule has 0 aliphatic carbocycles. The Balaban J connectivity index is 2.18. The molecule has 0 aliphatic rings. The topological polar surface area (TPSA) is 72.2 Å². The van der Waals surface area contributed by atoms with Crippen LogP contribution in [0.1, 0.15) is 20.9 Å². The summed E-state index contributed by atoms with van der Waals surface area (Å²) in [4.78, 5) is 1.68. The van der Waals surface area contributed by atoms with E-state index in [4.69, 9.17) is 5.73 Å². The van der Waals surface area contributed by atoms with Crippen molar-refractivity contribution in [2.24, 2.45) is 5.73 Å². The fourth-order valence-electron chi connectivity index (χ4n) is 1.87. The molecule has 0 fully saturated rings. The highest BCUT2D eigenvalue weighted by Gasteiger charge is 2.19. The lowest BCUT2D eigenvalue weighted by atomic mass is 10.2. The van der Waals surface area contributed by atoms with Crippen LogP contribution in [-0.4, -0.2) is 8.42 Å². The van der Waals surface area contributed by atoms with Crippen molar-refractivity contribution in [3.05, 3.63) is 51.0 Å². The zero-order chi connectivity index (χ0) is 15.6. The van der Waals surface area contributed by atoms with Crippen molar-refractivity contribution in [3.63, 3.8) is 0 Å². The standard InChI is InChI=1S/C14H17FN2O2S2/c1-9-5-12(20-10(9)2)8-17-21(18,19)14-4-3-11(7-16)6-13(14)15/h3-6,17H,7-8,16H2,1-2H3. The lowest BCUT2D eigenvalue weighted by Crippen LogP contribution is -2.24. The van der Waals surface area contributed by atoms with Gasteiger partial charge in [-0.1, -0.05) is 6.07 Å². The van der Waals surface area contributed by atoms with Gasteiger partial charge in [0.15, 0.2) is 0 Å². The minimum Gasteiger partial charge on any atom is -0.326 e. The monoisotopic (exact) mass is 328 g/mol. The summed E-state index contributed by atoms with van der Waals surface area (Å²) in [6.45, 7) is 4.26. The SMILES string of the molecule is Cc1cc(CNS(=O)(=O)c2ccc(CN)cc2F)sc1C. The Morgan fingerprint density at radius 2 is 2.00 bits per heavy atom. The molecule has 1 heterocycles. The third-order valence-corrected chi connectivity index (χ3v) is 5.76. The Morgan fingerprint density at radius 3 is 2.52 bits per heavy atom. The van der Waals surface area contributed by atoms with Crippen molar-refractivity contribution in [3.8, 4) is 0 Å². The molecule has 0 bridgehead atoms. The van der Waals surface area contributed by atoms with Crippen LogP contribution < -0.4 is 10.5 Å². The van der Waals surface area contributed by atoms with E-state index in [9.17, 15) is 12.8 Å². The van der Waals surface area contributed by atoms with Crippen LogP contribution in [0.5, 0.6) is 0 Å².